The number of nitrogens with one attached hydrogen (secondary N) is 1. The molecule has 1 aliphatic carbocycles. The Kier molecular flexibility index (Phi) is 9.19. The zero-order valence-electron chi connectivity index (χ0n) is 22.4. The van der Waals surface area contributed by atoms with Crippen molar-refractivity contribution in [2.45, 2.75) is 82.4 Å². The molecule has 38 heavy (non-hydrogen) atoms. The van der Waals surface area contributed by atoms with Crippen LogP contribution in [-0.2, 0) is 25.8 Å². The van der Waals surface area contributed by atoms with E-state index in [1.807, 2.05) is 24.3 Å². The lowest BCUT2D eigenvalue weighted by molar-refractivity contribution is -0.119. The number of sulfone groups is 1. The minimum Gasteiger partial charge on any atom is -0.443 e. The molecule has 0 saturated heterocycles. The molecule has 0 aromatic heterocycles. The Morgan fingerprint density at radius 2 is 1.53 bits per heavy atom. The largest absolute Gasteiger partial charge is 0.443 e. The number of amides is 4. The minimum absolute atomic E-state index is 0.0365. The van der Waals surface area contributed by atoms with Crippen molar-refractivity contribution in [2.24, 2.45) is 5.73 Å². The van der Waals surface area contributed by atoms with Crippen molar-refractivity contribution in [1.82, 2.24) is 10.2 Å². The number of nitrogens with zero attached hydrogens (tertiary/aromatic N) is 1. The van der Waals surface area contributed by atoms with E-state index >= 15 is 0 Å². The van der Waals surface area contributed by atoms with Gasteiger partial charge in [0.1, 0.15) is 11.6 Å². The predicted octanol–water partition coefficient (Wildman–Crippen LogP) is 4.43. The Morgan fingerprint density at radius 3 is 2.00 bits per heavy atom. The molecular weight excluding hydrogens is 506 g/mol. The summed E-state index contributed by atoms with van der Waals surface area (Å²) in [4.78, 5) is 39.6. The highest BCUT2D eigenvalue weighted by Gasteiger charge is 2.36. The second-order valence-corrected chi connectivity index (χ2v) is 12.8. The van der Waals surface area contributed by atoms with Gasteiger partial charge in [-0.15, -0.1) is 0 Å². The number of primary amides is 1. The fourth-order valence-electron chi connectivity index (χ4n) is 4.40. The van der Waals surface area contributed by atoms with E-state index in [-0.39, 0.29) is 23.1 Å². The molecule has 0 radical (unpaired) electrons. The summed E-state index contributed by atoms with van der Waals surface area (Å²) in [5, 5.41) is 2.64. The third kappa shape index (κ3) is 7.56. The van der Waals surface area contributed by atoms with E-state index in [2.05, 4.69) is 5.32 Å². The number of urea groups is 1. The summed E-state index contributed by atoms with van der Waals surface area (Å²) in [7, 11) is -3.27. The first-order chi connectivity index (χ1) is 17.8. The SMILES string of the molecule is CCS(=O)(=O)c1ccc(-c2ccc(C[C@H](NC(=O)N(C(=O)OC(C)(C)C)C3CCCC3)C(N)=O)cc2)cc1. The smallest absolute Gasteiger partial charge is 0.418 e. The molecule has 9 nitrogen and oxygen atoms in total. The van der Waals surface area contributed by atoms with Gasteiger partial charge in [0.25, 0.3) is 0 Å². The van der Waals surface area contributed by atoms with E-state index in [1.165, 1.54) is 0 Å². The Hall–Kier alpha value is -3.40. The van der Waals surface area contributed by atoms with E-state index in [0.29, 0.717) is 12.8 Å². The van der Waals surface area contributed by atoms with Gasteiger partial charge in [-0.3, -0.25) is 4.79 Å². The standard InChI is InChI=1S/C28H37N3O6S/c1-5-38(35,36)23-16-14-21(15-17-23)20-12-10-19(11-13-20)18-24(25(29)32)30-26(33)31(22-8-6-7-9-22)27(34)37-28(2,3)4/h10-17,22,24H,5-9,18H2,1-4H3,(H2,29,32)(H,30,33)/t24-/m0/s1. The first-order valence-electron chi connectivity index (χ1n) is 12.8. The predicted molar refractivity (Wildman–Crippen MR) is 145 cm³/mol. The summed E-state index contributed by atoms with van der Waals surface area (Å²) in [6, 6.07) is 12.0. The van der Waals surface area contributed by atoms with Crippen LogP contribution in [0.25, 0.3) is 11.1 Å². The summed E-state index contributed by atoms with van der Waals surface area (Å²) < 4.78 is 29.6. The van der Waals surface area contributed by atoms with Crippen LogP contribution in [0.2, 0.25) is 0 Å². The fraction of sp³-hybridized carbons (Fsp3) is 0.464. The monoisotopic (exact) mass is 543 g/mol. The molecule has 10 heteroatoms. The Labute approximate surface area is 224 Å². The maximum Gasteiger partial charge on any atom is 0.418 e. The Bertz CT molecular complexity index is 1240. The Balaban J connectivity index is 1.72. The molecule has 2 aromatic carbocycles. The fourth-order valence-corrected chi connectivity index (χ4v) is 5.29. The number of carbonyl (C=O) groups excluding carboxylic acids is 3. The lowest BCUT2D eigenvalue weighted by Gasteiger charge is -2.31. The van der Waals surface area contributed by atoms with Crippen LogP contribution >= 0.6 is 0 Å². The van der Waals surface area contributed by atoms with Crippen molar-refractivity contribution in [1.29, 1.82) is 0 Å². The van der Waals surface area contributed by atoms with Crippen molar-refractivity contribution in [2.75, 3.05) is 5.75 Å². The zero-order chi connectivity index (χ0) is 28.1. The van der Waals surface area contributed by atoms with Crippen molar-refractivity contribution in [3.05, 3.63) is 54.1 Å². The molecule has 1 atom stereocenters. The van der Waals surface area contributed by atoms with Crippen LogP contribution in [-0.4, -0.2) is 54.8 Å². The second kappa shape index (κ2) is 12.0. The average molecular weight is 544 g/mol. The van der Waals surface area contributed by atoms with Crippen LogP contribution in [0.5, 0.6) is 0 Å². The van der Waals surface area contributed by atoms with Gasteiger partial charge in [0.2, 0.25) is 5.91 Å². The minimum atomic E-state index is -3.27. The topological polar surface area (TPSA) is 136 Å². The molecule has 4 amide bonds. The van der Waals surface area contributed by atoms with Crippen LogP contribution in [0, 0.1) is 0 Å². The van der Waals surface area contributed by atoms with Crippen LogP contribution in [0.15, 0.2) is 53.4 Å². The molecule has 2 aromatic rings. The second-order valence-electron chi connectivity index (χ2n) is 10.5. The van der Waals surface area contributed by atoms with Gasteiger partial charge < -0.3 is 15.8 Å². The number of rotatable bonds is 8. The van der Waals surface area contributed by atoms with Crippen molar-refractivity contribution < 1.29 is 27.5 Å². The van der Waals surface area contributed by atoms with Crippen LogP contribution in [0.4, 0.5) is 9.59 Å². The highest BCUT2D eigenvalue weighted by molar-refractivity contribution is 7.91. The number of imide groups is 1. The summed E-state index contributed by atoms with van der Waals surface area (Å²) in [6.07, 6.45) is 2.57. The molecule has 0 unspecified atom stereocenters. The number of carbonyl (C=O) groups is 3. The number of benzene rings is 2. The van der Waals surface area contributed by atoms with Gasteiger partial charge in [0, 0.05) is 12.5 Å². The molecule has 0 bridgehead atoms. The van der Waals surface area contributed by atoms with E-state index < -0.39 is 39.5 Å². The summed E-state index contributed by atoms with van der Waals surface area (Å²) in [5.74, 6) is -0.680. The van der Waals surface area contributed by atoms with Crippen LogP contribution < -0.4 is 11.1 Å². The molecule has 3 rings (SSSR count). The number of hydrogen-bond donors (Lipinski definition) is 2. The lowest BCUT2D eigenvalue weighted by Crippen LogP contribution is -2.55. The van der Waals surface area contributed by atoms with E-state index in [9.17, 15) is 22.8 Å². The molecule has 206 valence electrons. The summed E-state index contributed by atoms with van der Waals surface area (Å²) in [6.45, 7) is 6.79. The third-order valence-electron chi connectivity index (χ3n) is 6.46. The molecular formula is C28H37N3O6S. The number of hydrogen-bond acceptors (Lipinski definition) is 6. The van der Waals surface area contributed by atoms with Crippen molar-refractivity contribution >= 4 is 27.9 Å². The van der Waals surface area contributed by atoms with Gasteiger partial charge in [-0.1, -0.05) is 56.2 Å². The normalized spacial score (nSPS) is 15.1. The molecule has 1 aliphatic rings. The number of ether oxygens (including phenoxy) is 1. The quantitative estimate of drug-likeness (QED) is 0.505. The van der Waals surface area contributed by atoms with E-state index in [0.717, 1.165) is 34.4 Å². The maximum atomic E-state index is 13.2. The third-order valence-corrected chi connectivity index (χ3v) is 8.21. The zero-order valence-corrected chi connectivity index (χ0v) is 23.2. The van der Waals surface area contributed by atoms with Crippen molar-refractivity contribution in [3.8, 4) is 11.1 Å². The van der Waals surface area contributed by atoms with Gasteiger partial charge in [0.15, 0.2) is 9.84 Å². The summed E-state index contributed by atoms with van der Waals surface area (Å²) in [5.41, 5.74) is 7.30. The Morgan fingerprint density at radius 1 is 1.00 bits per heavy atom. The molecule has 3 N–H and O–H groups in total. The van der Waals surface area contributed by atoms with Crippen LogP contribution in [0.1, 0.15) is 58.9 Å². The molecule has 0 spiro atoms. The first-order valence-corrected chi connectivity index (χ1v) is 14.5. The molecule has 1 fully saturated rings. The van der Waals surface area contributed by atoms with Gasteiger partial charge in [-0.2, -0.15) is 0 Å². The lowest BCUT2D eigenvalue weighted by atomic mass is 10.0. The molecule has 1 saturated carbocycles. The average Bonchev–Trinajstić information content (AvgIpc) is 3.37. The van der Waals surface area contributed by atoms with Gasteiger partial charge in [-0.25, -0.2) is 22.9 Å². The first kappa shape index (κ1) is 29.2. The van der Waals surface area contributed by atoms with Gasteiger partial charge >= 0.3 is 12.1 Å². The van der Waals surface area contributed by atoms with Gasteiger partial charge in [0.05, 0.1) is 10.6 Å². The number of nitrogens with two attached hydrogens (primary N) is 1. The molecule has 0 aliphatic heterocycles. The van der Waals surface area contributed by atoms with E-state index in [1.54, 1.807) is 52.0 Å². The van der Waals surface area contributed by atoms with Gasteiger partial charge in [-0.05, 0) is 62.4 Å². The van der Waals surface area contributed by atoms with E-state index in [4.69, 9.17) is 10.5 Å². The van der Waals surface area contributed by atoms with Crippen LogP contribution in [0.3, 0.4) is 0 Å². The molecule has 0 heterocycles. The maximum absolute atomic E-state index is 13.2. The van der Waals surface area contributed by atoms with Crippen molar-refractivity contribution in [3.63, 3.8) is 0 Å². The summed E-state index contributed by atoms with van der Waals surface area (Å²) >= 11 is 0. The highest BCUT2D eigenvalue weighted by atomic mass is 32.2. The highest BCUT2D eigenvalue weighted by Crippen LogP contribution is 2.26.